The van der Waals surface area contributed by atoms with Crippen LogP contribution < -0.4 is 5.32 Å². The van der Waals surface area contributed by atoms with Crippen LogP contribution in [0.5, 0.6) is 0 Å². The first-order valence-electron chi connectivity index (χ1n) is 7.60. The number of nitro groups is 1. The van der Waals surface area contributed by atoms with Crippen LogP contribution in [0.25, 0.3) is 5.69 Å². The molecule has 10 nitrogen and oxygen atoms in total. The predicted molar refractivity (Wildman–Crippen MR) is 95.4 cm³/mol. The van der Waals surface area contributed by atoms with Crippen LogP contribution in [0.1, 0.15) is 10.4 Å². The number of carbonyl (C=O) groups is 2. The number of amides is 2. The van der Waals surface area contributed by atoms with E-state index in [2.05, 4.69) is 20.8 Å². The first-order valence-corrected chi connectivity index (χ1v) is 8.58. The van der Waals surface area contributed by atoms with Crippen LogP contribution in [0.3, 0.4) is 0 Å². The van der Waals surface area contributed by atoms with E-state index in [1.54, 1.807) is 0 Å². The molecule has 3 aromatic rings. The van der Waals surface area contributed by atoms with Gasteiger partial charge in [-0.05, 0) is 28.6 Å². The van der Waals surface area contributed by atoms with Gasteiger partial charge in [0.25, 0.3) is 11.6 Å². The van der Waals surface area contributed by atoms with Gasteiger partial charge in [-0.25, -0.2) is 0 Å². The van der Waals surface area contributed by atoms with Crippen molar-refractivity contribution in [2.24, 2.45) is 0 Å². The second kappa shape index (κ2) is 8.19. The predicted octanol–water partition coefficient (Wildman–Crippen LogP) is 1.62. The molecule has 1 aromatic heterocycles. The van der Waals surface area contributed by atoms with E-state index < -0.39 is 16.7 Å². The number of rotatable bonds is 6. The van der Waals surface area contributed by atoms with Crippen LogP contribution in [-0.2, 0) is 4.79 Å². The molecule has 0 spiro atoms. The largest absolute Gasteiger partial charge is 0.292 e. The Bertz CT molecular complexity index is 991. The summed E-state index contributed by atoms with van der Waals surface area (Å²) >= 11 is 1.06. The molecule has 0 radical (unpaired) electrons. The minimum absolute atomic E-state index is 0.0247. The third kappa shape index (κ3) is 4.52. The fourth-order valence-corrected chi connectivity index (χ4v) is 2.82. The highest BCUT2D eigenvalue weighted by Gasteiger charge is 2.16. The van der Waals surface area contributed by atoms with E-state index in [4.69, 9.17) is 0 Å². The number of non-ortho nitro benzene ring substituents is 1. The molecule has 136 valence electrons. The van der Waals surface area contributed by atoms with Gasteiger partial charge in [0.05, 0.1) is 16.4 Å². The Morgan fingerprint density at radius 3 is 2.67 bits per heavy atom. The second-order valence-corrected chi connectivity index (χ2v) is 6.12. The maximum Gasteiger partial charge on any atom is 0.270 e. The van der Waals surface area contributed by atoms with Crippen molar-refractivity contribution >= 4 is 29.3 Å². The molecule has 0 aliphatic rings. The third-order valence-corrected chi connectivity index (χ3v) is 4.27. The Labute approximate surface area is 156 Å². The summed E-state index contributed by atoms with van der Waals surface area (Å²) in [7, 11) is 0. The van der Waals surface area contributed by atoms with E-state index in [9.17, 15) is 19.7 Å². The van der Waals surface area contributed by atoms with Crippen molar-refractivity contribution in [3.63, 3.8) is 0 Å². The summed E-state index contributed by atoms with van der Waals surface area (Å²) in [4.78, 5) is 34.2. The summed E-state index contributed by atoms with van der Waals surface area (Å²) in [5.41, 5.74) is 0.529. The molecule has 0 atom stereocenters. The molecular formula is C16H12N6O4S. The number of thioether (sulfide) groups is 1. The first-order chi connectivity index (χ1) is 13.0. The van der Waals surface area contributed by atoms with Crippen molar-refractivity contribution in [3.05, 3.63) is 70.3 Å². The minimum atomic E-state index is -0.716. The van der Waals surface area contributed by atoms with Crippen LogP contribution in [-0.4, -0.2) is 42.7 Å². The first kappa shape index (κ1) is 18.2. The van der Waals surface area contributed by atoms with Crippen molar-refractivity contribution in [3.8, 4) is 5.69 Å². The van der Waals surface area contributed by atoms with Gasteiger partial charge in [-0.1, -0.05) is 36.0 Å². The molecule has 3 rings (SSSR count). The van der Waals surface area contributed by atoms with Crippen LogP contribution >= 0.6 is 11.8 Å². The third-order valence-electron chi connectivity index (χ3n) is 3.35. The highest BCUT2D eigenvalue weighted by atomic mass is 32.2. The Hall–Kier alpha value is -3.60. The molecule has 2 amide bonds. The van der Waals surface area contributed by atoms with E-state index in [1.807, 2.05) is 30.3 Å². The number of hydrogen-bond acceptors (Lipinski definition) is 8. The molecule has 0 bridgehead atoms. The van der Waals surface area contributed by atoms with E-state index in [-0.39, 0.29) is 17.0 Å². The Balaban J connectivity index is 1.61. The summed E-state index contributed by atoms with van der Waals surface area (Å²) in [5.74, 6) is -1.39. The average Bonchev–Trinajstić information content (AvgIpc) is 3.16. The number of nitrogens with one attached hydrogen (secondary N) is 1. The van der Waals surface area contributed by atoms with Crippen molar-refractivity contribution in [2.45, 2.75) is 5.16 Å². The molecule has 2 aromatic carbocycles. The standard InChI is InChI=1S/C16H12N6O4S/c23-14(17-15(24)11-5-4-8-13(9-11)22(25)26)10-27-16-18-19-20-21(16)12-6-2-1-3-7-12/h1-9H,10H2,(H,17,23,24). The Kier molecular flexibility index (Phi) is 5.52. The molecule has 0 fully saturated rings. The maximum absolute atomic E-state index is 12.1. The molecule has 1 heterocycles. The number of imide groups is 1. The van der Waals surface area contributed by atoms with Gasteiger partial charge in [0.2, 0.25) is 11.1 Å². The van der Waals surface area contributed by atoms with Gasteiger partial charge >= 0.3 is 0 Å². The Morgan fingerprint density at radius 1 is 1.15 bits per heavy atom. The van der Waals surface area contributed by atoms with E-state index >= 15 is 0 Å². The average molecular weight is 384 g/mol. The van der Waals surface area contributed by atoms with Crippen molar-refractivity contribution in [1.29, 1.82) is 0 Å². The SMILES string of the molecule is O=C(CSc1nnnn1-c1ccccc1)NC(=O)c1cccc([N+](=O)[O-])c1. The van der Waals surface area contributed by atoms with Gasteiger partial charge in [-0.3, -0.25) is 25.0 Å². The molecule has 11 heteroatoms. The number of carbonyl (C=O) groups excluding carboxylic acids is 2. The number of hydrogen-bond donors (Lipinski definition) is 1. The Morgan fingerprint density at radius 2 is 1.93 bits per heavy atom. The van der Waals surface area contributed by atoms with E-state index in [0.29, 0.717) is 5.16 Å². The fraction of sp³-hybridized carbons (Fsp3) is 0.0625. The van der Waals surface area contributed by atoms with Gasteiger partial charge in [-0.15, -0.1) is 5.10 Å². The molecule has 0 saturated carbocycles. The van der Waals surface area contributed by atoms with Crippen LogP contribution in [0.15, 0.2) is 59.8 Å². The van der Waals surface area contributed by atoms with E-state index in [0.717, 1.165) is 23.5 Å². The lowest BCUT2D eigenvalue weighted by Crippen LogP contribution is -2.31. The normalized spacial score (nSPS) is 10.4. The quantitative estimate of drug-likeness (QED) is 0.385. The highest BCUT2D eigenvalue weighted by molar-refractivity contribution is 7.99. The summed E-state index contributed by atoms with van der Waals surface area (Å²) in [5, 5.41) is 24.7. The van der Waals surface area contributed by atoms with Crippen LogP contribution in [0.2, 0.25) is 0 Å². The van der Waals surface area contributed by atoms with E-state index in [1.165, 1.54) is 22.9 Å². The molecule has 0 aliphatic heterocycles. The fourth-order valence-electron chi connectivity index (χ4n) is 2.13. The maximum atomic E-state index is 12.1. The monoisotopic (exact) mass is 384 g/mol. The molecule has 0 aliphatic carbocycles. The zero-order valence-corrected chi connectivity index (χ0v) is 14.5. The minimum Gasteiger partial charge on any atom is -0.292 e. The number of nitrogens with zero attached hydrogens (tertiary/aromatic N) is 5. The van der Waals surface area contributed by atoms with Gasteiger partial charge in [0, 0.05) is 17.7 Å². The van der Waals surface area contributed by atoms with Gasteiger partial charge in [0.1, 0.15) is 0 Å². The van der Waals surface area contributed by atoms with Crippen molar-refractivity contribution in [1.82, 2.24) is 25.5 Å². The van der Waals surface area contributed by atoms with Gasteiger partial charge in [-0.2, -0.15) is 4.68 Å². The number of para-hydroxylation sites is 1. The number of aromatic nitrogens is 4. The van der Waals surface area contributed by atoms with Crippen molar-refractivity contribution in [2.75, 3.05) is 5.75 Å². The number of nitro benzene ring substituents is 1. The van der Waals surface area contributed by atoms with Crippen molar-refractivity contribution < 1.29 is 14.5 Å². The lowest BCUT2D eigenvalue weighted by molar-refractivity contribution is -0.384. The number of benzene rings is 2. The highest BCUT2D eigenvalue weighted by Crippen LogP contribution is 2.18. The van der Waals surface area contributed by atoms with Gasteiger partial charge < -0.3 is 0 Å². The summed E-state index contributed by atoms with van der Waals surface area (Å²) in [6, 6.07) is 14.3. The zero-order chi connectivity index (χ0) is 19.2. The summed E-state index contributed by atoms with van der Waals surface area (Å²) in [6.07, 6.45) is 0. The zero-order valence-electron chi connectivity index (χ0n) is 13.7. The summed E-state index contributed by atoms with van der Waals surface area (Å²) < 4.78 is 1.47. The topological polar surface area (TPSA) is 133 Å². The lowest BCUT2D eigenvalue weighted by atomic mass is 10.2. The molecule has 0 saturated heterocycles. The molecule has 1 N–H and O–H groups in total. The summed E-state index contributed by atoms with van der Waals surface area (Å²) in [6.45, 7) is 0. The smallest absolute Gasteiger partial charge is 0.270 e. The lowest BCUT2D eigenvalue weighted by Gasteiger charge is -2.05. The number of tetrazole rings is 1. The molecular weight excluding hydrogens is 372 g/mol. The van der Waals surface area contributed by atoms with Crippen LogP contribution in [0.4, 0.5) is 5.69 Å². The second-order valence-electron chi connectivity index (χ2n) is 5.18. The van der Waals surface area contributed by atoms with Crippen LogP contribution in [0, 0.1) is 10.1 Å². The van der Waals surface area contributed by atoms with Gasteiger partial charge in [0.15, 0.2) is 0 Å². The molecule has 0 unspecified atom stereocenters. The molecule has 27 heavy (non-hydrogen) atoms.